The van der Waals surface area contributed by atoms with E-state index in [2.05, 4.69) is 15.5 Å². The molecule has 1 saturated heterocycles. The van der Waals surface area contributed by atoms with Crippen molar-refractivity contribution in [3.63, 3.8) is 0 Å². The third-order valence-electron chi connectivity index (χ3n) is 4.95. The SMILES string of the molecule is COCCOc1ccccc1-c1nnc(NC2CN(C(=O)OC(C)(C)C)C2)c2ccsc12. The number of likely N-dealkylation sites (tertiary alicyclic amines) is 1. The first-order valence-corrected chi connectivity index (χ1v) is 11.4. The average molecular weight is 457 g/mol. The maximum absolute atomic E-state index is 12.2. The number of nitrogens with one attached hydrogen (secondary N) is 1. The number of benzene rings is 1. The van der Waals surface area contributed by atoms with E-state index in [1.807, 2.05) is 56.5 Å². The summed E-state index contributed by atoms with van der Waals surface area (Å²) < 4.78 is 17.4. The van der Waals surface area contributed by atoms with Gasteiger partial charge in [0.25, 0.3) is 0 Å². The first-order chi connectivity index (χ1) is 15.4. The van der Waals surface area contributed by atoms with Gasteiger partial charge in [-0.15, -0.1) is 21.5 Å². The Morgan fingerprint density at radius 3 is 2.72 bits per heavy atom. The molecule has 0 atom stereocenters. The predicted octanol–water partition coefficient (Wildman–Crippen LogP) is 4.41. The van der Waals surface area contributed by atoms with Gasteiger partial charge in [0.1, 0.15) is 23.7 Å². The summed E-state index contributed by atoms with van der Waals surface area (Å²) in [6.45, 7) is 7.71. The van der Waals surface area contributed by atoms with Gasteiger partial charge in [0.15, 0.2) is 5.82 Å². The fourth-order valence-electron chi connectivity index (χ4n) is 3.42. The zero-order chi connectivity index (χ0) is 22.7. The summed E-state index contributed by atoms with van der Waals surface area (Å²) in [5.41, 5.74) is 1.19. The lowest BCUT2D eigenvalue weighted by molar-refractivity contribution is 0.0105. The van der Waals surface area contributed by atoms with Crippen LogP contribution >= 0.6 is 11.3 Å². The van der Waals surface area contributed by atoms with E-state index in [4.69, 9.17) is 14.2 Å². The first kappa shape index (κ1) is 22.3. The maximum Gasteiger partial charge on any atom is 0.410 e. The lowest BCUT2D eigenvalue weighted by Gasteiger charge is -2.40. The van der Waals surface area contributed by atoms with Crippen molar-refractivity contribution in [3.05, 3.63) is 35.7 Å². The molecule has 32 heavy (non-hydrogen) atoms. The molecule has 0 spiro atoms. The Balaban J connectivity index is 1.49. The van der Waals surface area contributed by atoms with Crippen molar-refractivity contribution in [3.8, 4) is 17.0 Å². The van der Waals surface area contributed by atoms with Crippen LogP contribution in [0.5, 0.6) is 5.75 Å². The van der Waals surface area contributed by atoms with E-state index in [-0.39, 0.29) is 12.1 Å². The standard InChI is InChI=1S/C23H28N4O4S/c1-23(2,3)31-22(28)27-13-15(14-27)24-21-17-9-12-32-20(17)19(25-26-21)16-7-5-6-8-18(16)30-11-10-29-4/h5-9,12,15H,10-11,13-14H2,1-4H3,(H,24,26). The normalized spacial score (nSPS) is 14.3. The van der Waals surface area contributed by atoms with Gasteiger partial charge < -0.3 is 24.4 Å². The molecule has 0 bridgehead atoms. The molecular weight excluding hydrogens is 428 g/mol. The molecule has 1 aromatic carbocycles. The monoisotopic (exact) mass is 456 g/mol. The van der Waals surface area contributed by atoms with Crippen LogP contribution in [0.15, 0.2) is 35.7 Å². The van der Waals surface area contributed by atoms with Crippen LogP contribution in [0.25, 0.3) is 21.3 Å². The van der Waals surface area contributed by atoms with Gasteiger partial charge in [0.2, 0.25) is 0 Å². The van der Waals surface area contributed by atoms with Crippen molar-refractivity contribution >= 4 is 33.3 Å². The summed E-state index contributed by atoms with van der Waals surface area (Å²) in [6.07, 6.45) is -0.289. The molecule has 9 heteroatoms. The predicted molar refractivity (Wildman–Crippen MR) is 125 cm³/mol. The number of ether oxygens (including phenoxy) is 3. The van der Waals surface area contributed by atoms with Gasteiger partial charge in [-0.25, -0.2) is 4.79 Å². The Kier molecular flexibility index (Phi) is 6.48. The molecule has 1 fully saturated rings. The number of methoxy groups -OCH3 is 1. The molecule has 1 amide bonds. The second-order valence-corrected chi connectivity index (χ2v) is 9.54. The number of carbonyl (C=O) groups is 1. The van der Waals surface area contributed by atoms with Crippen molar-refractivity contribution < 1.29 is 19.0 Å². The number of thiophene rings is 1. The number of carbonyl (C=O) groups excluding carboxylic acids is 1. The van der Waals surface area contributed by atoms with E-state index in [9.17, 15) is 4.79 Å². The Morgan fingerprint density at radius 2 is 1.97 bits per heavy atom. The van der Waals surface area contributed by atoms with E-state index in [0.717, 1.165) is 32.9 Å². The summed E-state index contributed by atoms with van der Waals surface area (Å²) in [5.74, 6) is 1.47. The highest BCUT2D eigenvalue weighted by molar-refractivity contribution is 7.17. The largest absolute Gasteiger partial charge is 0.490 e. The van der Waals surface area contributed by atoms with E-state index in [0.29, 0.717) is 26.3 Å². The molecule has 8 nitrogen and oxygen atoms in total. The van der Waals surface area contributed by atoms with Crippen LogP contribution in [-0.4, -0.2) is 66.2 Å². The number of hydrogen-bond acceptors (Lipinski definition) is 8. The summed E-state index contributed by atoms with van der Waals surface area (Å²) in [4.78, 5) is 13.9. The van der Waals surface area contributed by atoms with Gasteiger partial charge in [0.05, 0.1) is 17.3 Å². The van der Waals surface area contributed by atoms with Crippen LogP contribution in [0.3, 0.4) is 0 Å². The quantitative estimate of drug-likeness (QED) is 0.527. The second kappa shape index (κ2) is 9.30. The Labute approximate surface area is 191 Å². The van der Waals surface area contributed by atoms with Crippen molar-refractivity contribution in [2.75, 3.05) is 38.7 Å². The van der Waals surface area contributed by atoms with Crippen molar-refractivity contribution in [1.82, 2.24) is 15.1 Å². The van der Waals surface area contributed by atoms with Gasteiger partial charge in [-0.3, -0.25) is 0 Å². The first-order valence-electron chi connectivity index (χ1n) is 10.5. The molecule has 1 aliphatic rings. The Bertz CT molecular complexity index is 1090. The Hall–Kier alpha value is -2.91. The molecule has 0 saturated carbocycles. The van der Waals surface area contributed by atoms with E-state index in [1.54, 1.807) is 23.3 Å². The van der Waals surface area contributed by atoms with E-state index < -0.39 is 5.60 Å². The van der Waals surface area contributed by atoms with Crippen LogP contribution in [-0.2, 0) is 9.47 Å². The molecule has 170 valence electrons. The van der Waals surface area contributed by atoms with Crippen molar-refractivity contribution in [1.29, 1.82) is 0 Å². The third kappa shape index (κ3) is 4.94. The maximum atomic E-state index is 12.2. The van der Waals surface area contributed by atoms with E-state index >= 15 is 0 Å². The molecule has 0 radical (unpaired) electrons. The van der Waals surface area contributed by atoms with Crippen LogP contribution in [0.1, 0.15) is 20.8 Å². The number of anilines is 1. The smallest absolute Gasteiger partial charge is 0.410 e. The third-order valence-corrected chi connectivity index (χ3v) is 5.87. The number of para-hydroxylation sites is 1. The molecule has 0 aliphatic carbocycles. The lowest BCUT2D eigenvalue weighted by atomic mass is 10.1. The Morgan fingerprint density at radius 1 is 1.19 bits per heavy atom. The van der Waals surface area contributed by atoms with Gasteiger partial charge in [-0.2, -0.15) is 0 Å². The number of nitrogens with zero attached hydrogens (tertiary/aromatic N) is 3. The zero-order valence-electron chi connectivity index (χ0n) is 18.8. The minimum absolute atomic E-state index is 0.107. The zero-order valence-corrected chi connectivity index (χ0v) is 19.6. The minimum Gasteiger partial charge on any atom is -0.490 e. The summed E-state index contributed by atoms with van der Waals surface area (Å²) in [5, 5.41) is 15.5. The summed E-state index contributed by atoms with van der Waals surface area (Å²) in [7, 11) is 1.65. The highest BCUT2D eigenvalue weighted by atomic mass is 32.1. The summed E-state index contributed by atoms with van der Waals surface area (Å²) in [6, 6.07) is 9.97. The van der Waals surface area contributed by atoms with Gasteiger partial charge in [0, 0.05) is 31.1 Å². The van der Waals surface area contributed by atoms with Crippen LogP contribution < -0.4 is 10.1 Å². The van der Waals surface area contributed by atoms with Crippen molar-refractivity contribution in [2.45, 2.75) is 32.4 Å². The number of amides is 1. The van der Waals surface area contributed by atoms with Gasteiger partial charge in [-0.1, -0.05) is 12.1 Å². The fraction of sp³-hybridized carbons (Fsp3) is 0.435. The number of hydrogen-bond donors (Lipinski definition) is 1. The molecule has 1 N–H and O–H groups in total. The van der Waals surface area contributed by atoms with Gasteiger partial charge >= 0.3 is 6.09 Å². The topological polar surface area (TPSA) is 85.8 Å². The van der Waals surface area contributed by atoms with Crippen LogP contribution in [0.2, 0.25) is 0 Å². The highest BCUT2D eigenvalue weighted by Crippen LogP contribution is 2.38. The van der Waals surface area contributed by atoms with Gasteiger partial charge in [-0.05, 0) is 44.4 Å². The molecule has 2 aromatic heterocycles. The fourth-order valence-corrected chi connectivity index (χ4v) is 4.32. The average Bonchev–Trinajstić information content (AvgIpc) is 3.20. The molecule has 0 unspecified atom stereocenters. The molecule has 1 aliphatic heterocycles. The molecule has 4 rings (SSSR count). The molecule has 3 heterocycles. The minimum atomic E-state index is -0.497. The van der Waals surface area contributed by atoms with Crippen LogP contribution in [0, 0.1) is 0 Å². The van der Waals surface area contributed by atoms with Crippen LogP contribution in [0.4, 0.5) is 10.6 Å². The lowest BCUT2D eigenvalue weighted by Crippen LogP contribution is -2.58. The summed E-state index contributed by atoms with van der Waals surface area (Å²) >= 11 is 1.62. The second-order valence-electron chi connectivity index (χ2n) is 8.62. The number of aromatic nitrogens is 2. The van der Waals surface area contributed by atoms with Crippen molar-refractivity contribution in [2.24, 2.45) is 0 Å². The van der Waals surface area contributed by atoms with E-state index in [1.165, 1.54) is 0 Å². The molecular formula is C23H28N4O4S. The molecule has 3 aromatic rings. The highest BCUT2D eigenvalue weighted by Gasteiger charge is 2.34. The number of fused-ring (bicyclic) bond motifs is 1. The number of rotatable bonds is 7.